The van der Waals surface area contributed by atoms with Crippen LogP contribution in [-0.2, 0) is 19.1 Å². The lowest BCUT2D eigenvalue weighted by Gasteiger charge is -2.33. The van der Waals surface area contributed by atoms with Gasteiger partial charge in [0.1, 0.15) is 6.10 Å². The smallest absolute Gasteiger partial charge is 0.223 e. The van der Waals surface area contributed by atoms with E-state index in [4.69, 9.17) is 9.47 Å². The summed E-state index contributed by atoms with van der Waals surface area (Å²) < 4.78 is 11.1. The molecule has 0 aromatic heterocycles. The van der Waals surface area contributed by atoms with E-state index in [1.807, 2.05) is 12.2 Å². The summed E-state index contributed by atoms with van der Waals surface area (Å²) in [5, 5.41) is 15.5. The van der Waals surface area contributed by atoms with Crippen molar-refractivity contribution >= 4 is 11.8 Å². The summed E-state index contributed by atoms with van der Waals surface area (Å²) in [7, 11) is 0. The maximum absolute atomic E-state index is 12.2. The number of nitrogens with zero attached hydrogens (tertiary/aromatic N) is 1. The second-order valence-electron chi connectivity index (χ2n) is 7.80. The molecular formula is C20H33N3O5. The third kappa shape index (κ3) is 6.27. The number of hydrogen-bond donors (Lipinski definition) is 3. The Morgan fingerprint density at radius 2 is 1.96 bits per heavy atom. The van der Waals surface area contributed by atoms with Crippen molar-refractivity contribution in [1.82, 2.24) is 15.5 Å². The molecule has 3 atom stereocenters. The Bertz CT molecular complexity index is 546. The van der Waals surface area contributed by atoms with Crippen LogP contribution in [0.15, 0.2) is 12.2 Å². The number of rotatable bonds is 9. The standard InChI is InChI=1S/C20H33N3O5/c24-14-18-17(22-20(26)15-3-1-4-15)6-5-16(28-18)13-19(25)21-7-2-8-23-9-11-27-12-10-23/h5-6,15-18,24H,1-4,7-14H2,(H,21,25)(H,22,26)/t16-,17-,18+/m0/s1. The van der Waals surface area contributed by atoms with Gasteiger partial charge in [0.05, 0.1) is 38.4 Å². The molecule has 2 fully saturated rings. The van der Waals surface area contributed by atoms with Gasteiger partial charge < -0.3 is 25.2 Å². The number of aliphatic hydroxyl groups is 1. The van der Waals surface area contributed by atoms with E-state index in [-0.39, 0.29) is 42.9 Å². The molecule has 0 aromatic rings. The fraction of sp³-hybridized carbons (Fsp3) is 0.800. The molecule has 0 radical (unpaired) electrons. The Morgan fingerprint density at radius 3 is 2.64 bits per heavy atom. The van der Waals surface area contributed by atoms with Crippen LogP contribution in [0, 0.1) is 5.92 Å². The zero-order chi connectivity index (χ0) is 19.8. The van der Waals surface area contributed by atoms with Crippen LogP contribution in [0.1, 0.15) is 32.1 Å². The molecule has 3 rings (SSSR count). The number of carbonyl (C=O) groups excluding carboxylic acids is 2. The first kappa shape index (κ1) is 21.2. The summed E-state index contributed by atoms with van der Waals surface area (Å²) >= 11 is 0. The summed E-state index contributed by atoms with van der Waals surface area (Å²) in [5.74, 6) is 0.0541. The van der Waals surface area contributed by atoms with Crippen molar-refractivity contribution in [3.8, 4) is 0 Å². The summed E-state index contributed by atoms with van der Waals surface area (Å²) in [5.41, 5.74) is 0. The van der Waals surface area contributed by atoms with E-state index >= 15 is 0 Å². The van der Waals surface area contributed by atoms with Crippen molar-refractivity contribution in [1.29, 1.82) is 0 Å². The molecule has 8 nitrogen and oxygen atoms in total. The maximum atomic E-state index is 12.2. The van der Waals surface area contributed by atoms with Gasteiger partial charge in [-0.2, -0.15) is 0 Å². The number of carbonyl (C=O) groups is 2. The van der Waals surface area contributed by atoms with Crippen LogP contribution in [0.2, 0.25) is 0 Å². The molecule has 1 aliphatic carbocycles. The highest BCUT2D eigenvalue weighted by atomic mass is 16.5. The molecule has 0 aromatic carbocycles. The van der Waals surface area contributed by atoms with Gasteiger partial charge in [0, 0.05) is 25.6 Å². The van der Waals surface area contributed by atoms with Crippen LogP contribution < -0.4 is 10.6 Å². The van der Waals surface area contributed by atoms with Crippen molar-refractivity contribution in [2.24, 2.45) is 5.92 Å². The molecule has 1 saturated heterocycles. The normalized spacial score (nSPS) is 28.5. The molecule has 2 amide bonds. The zero-order valence-electron chi connectivity index (χ0n) is 16.5. The summed E-state index contributed by atoms with van der Waals surface area (Å²) in [6.07, 6.45) is 6.84. The highest BCUT2D eigenvalue weighted by Crippen LogP contribution is 2.27. The second kappa shape index (κ2) is 10.9. The zero-order valence-corrected chi connectivity index (χ0v) is 16.5. The third-order valence-electron chi connectivity index (χ3n) is 5.71. The van der Waals surface area contributed by atoms with E-state index in [2.05, 4.69) is 15.5 Å². The van der Waals surface area contributed by atoms with Crippen LogP contribution in [0.25, 0.3) is 0 Å². The molecule has 3 aliphatic rings. The van der Waals surface area contributed by atoms with E-state index in [1.54, 1.807) is 0 Å². The van der Waals surface area contributed by atoms with Gasteiger partial charge in [-0.25, -0.2) is 0 Å². The molecule has 158 valence electrons. The molecule has 1 saturated carbocycles. The van der Waals surface area contributed by atoms with E-state index in [9.17, 15) is 14.7 Å². The minimum Gasteiger partial charge on any atom is -0.394 e. The van der Waals surface area contributed by atoms with E-state index in [0.29, 0.717) is 6.54 Å². The third-order valence-corrected chi connectivity index (χ3v) is 5.71. The predicted octanol–water partition coefficient (Wildman–Crippen LogP) is -0.184. The van der Waals surface area contributed by atoms with Crippen LogP contribution in [0.3, 0.4) is 0 Å². The van der Waals surface area contributed by atoms with Gasteiger partial charge >= 0.3 is 0 Å². The number of nitrogens with one attached hydrogen (secondary N) is 2. The fourth-order valence-electron chi connectivity index (χ4n) is 3.70. The largest absolute Gasteiger partial charge is 0.394 e. The lowest BCUT2D eigenvalue weighted by atomic mass is 9.84. The fourth-order valence-corrected chi connectivity index (χ4v) is 3.70. The number of amides is 2. The van der Waals surface area contributed by atoms with Gasteiger partial charge in [-0.3, -0.25) is 14.5 Å². The lowest BCUT2D eigenvalue weighted by molar-refractivity contribution is -0.131. The first-order valence-electron chi connectivity index (χ1n) is 10.5. The molecule has 8 heteroatoms. The van der Waals surface area contributed by atoms with Crippen LogP contribution in [0.5, 0.6) is 0 Å². The second-order valence-corrected chi connectivity index (χ2v) is 7.80. The average Bonchev–Trinajstić information content (AvgIpc) is 2.66. The van der Waals surface area contributed by atoms with Gasteiger partial charge in [0.2, 0.25) is 11.8 Å². The molecule has 3 N–H and O–H groups in total. The van der Waals surface area contributed by atoms with Crippen molar-refractivity contribution in [2.75, 3.05) is 46.0 Å². The van der Waals surface area contributed by atoms with Gasteiger partial charge in [-0.1, -0.05) is 18.6 Å². The van der Waals surface area contributed by atoms with Gasteiger partial charge in [0.15, 0.2) is 0 Å². The Hall–Kier alpha value is -1.48. The molecule has 0 unspecified atom stereocenters. The molecule has 2 aliphatic heterocycles. The molecule has 28 heavy (non-hydrogen) atoms. The van der Waals surface area contributed by atoms with E-state index in [0.717, 1.165) is 58.5 Å². The van der Waals surface area contributed by atoms with Crippen LogP contribution in [0.4, 0.5) is 0 Å². The first-order valence-corrected chi connectivity index (χ1v) is 10.5. The Balaban J connectivity index is 1.35. The van der Waals surface area contributed by atoms with Crippen LogP contribution >= 0.6 is 0 Å². The maximum Gasteiger partial charge on any atom is 0.223 e. The minimum absolute atomic E-state index is 0.0272. The lowest BCUT2D eigenvalue weighted by Crippen LogP contribution is -2.51. The minimum atomic E-state index is -0.520. The predicted molar refractivity (Wildman–Crippen MR) is 104 cm³/mol. The number of hydrogen-bond acceptors (Lipinski definition) is 6. The number of morpholine rings is 1. The quantitative estimate of drug-likeness (QED) is 0.370. The first-order chi connectivity index (χ1) is 13.7. The van der Waals surface area contributed by atoms with Crippen LogP contribution in [-0.4, -0.2) is 86.1 Å². The Labute approximate surface area is 166 Å². The topological polar surface area (TPSA) is 100 Å². The Kier molecular flexibility index (Phi) is 8.27. The van der Waals surface area contributed by atoms with Crippen molar-refractivity contribution in [3.63, 3.8) is 0 Å². The van der Waals surface area contributed by atoms with Crippen molar-refractivity contribution < 1.29 is 24.2 Å². The SMILES string of the molecule is O=C(C[C@@H]1C=C[C@H](NC(=O)C2CCC2)[C@@H](CO)O1)NCCCN1CCOCC1. The van der Waals surface area contributed by atoms with Crippen molar-refractivity contribution in [3.05, 3.63) is 12.2 Å². The van der Waals surface area contributed by atoms with Crippen molar-refractivity contribution in [2.45, 2.75) is 50.4 Å². The molecule has 0 bridgehead atoms. The number of aliphatic hydroxyl groups excluding tert-OH is 1. The van der Waals surface area contributed by atoms with Gasteiger partial charge in [-0.15, -0.1) is 0 Å². The molecular weight excluding hydrogens is 362 g/mol. The summed E-state index contributed by atoms with van der Waals surface area (Å²) in [6, 6.07) is -0.342. The molecule has 2 heterocycles. The van der Waals surface area contributed by atoms with Gasteiger partial charge in [-0.05, 0) is 25.8 Å². The summed E-state index contributed by atoms with van der Waals surface area (Å²) in [4.78, 5) is 26.6. The number of ether oxygens (including phenoxy) is 2. The highest BCUT2D eigenvalue weighted by molar-refractivity contribution is 5.80. The monoisotopic (exact) mass is 395 g/mol. The molecule has 0 spiro atoms. The van der Waals surface area contributed by atoms with Gasteiger partial charge in [0.25, 0.3) is 0 Å². The van der Waals surface area contributed by atoms with E-state index < -0.39 is 6.10 Å². The average molecular weight is 396 g/mol. The Morgan fingerprint density at radius 1 is 1.18 bits per heavy atom. The summed E-state index contributed by atoms with van der Waals surface area (Å²) in [6.45, 7) is 4.87. The highest BCUT2D eigenvalue weighted by Gasteiger charge is 2.32. The van der Waals surface area contributed by atoms with E-state index in [1.165, 1.54) is 0 Å².